The second kappa shape index (κ2) is 8.26. The molecule has 1 fully saturated rings. The van der Waals surface area contributed by atoms with Crippen molar-refractivity contribution in [3.63, 3.8) is 0 Å². The van der Waals surface area contributed by atoms with Crippen LogP contribution in [0.3, 0.4) is 0 Å². The zero-order valence-corrected chi connectivity index (χ0v) is 18.4. The number of nitrogens with zero attached hydrogens (tertiary/aromatic N) is 1. The number of esters is 1. The highest BCUT2D eigenvalue weighted by molar-refractivity contribution is 6.30. The van der Waals surface area contributed by atoms with Crippen LogP contribution in [0.4, 0.5) is 0 Å². The molecule has 5 rings (SSSR count). The topological polar surface area (TPSA) is 74.3 Å². The molecule has 1 atom stereocenters. The maximum absolute atomic E-state index is 12.4. The number of carbonyl (C=O) groups excluding carboxylic acids is 2. The summed E-state index contributed by atoms with van der Waals surface area (Å²) in [5.41, 5.74) is 3.47. The highest BCUT2D eigenvalue weighted by Gasteiger charge is 2.54. The van der Waals surface area contributed by atoms with E-state index in [4.69, 9.17) is 19.0 Å². The van der Waals surface area contributed by atoms with E-state index in [1.807, 2.05) is 48.5 Å². The van der Waals surface area contributed by atoms with Crippen LogP contribution in [0.1, 0.15) is 16.7 Å². The van der Waals surface area contributed by atoms with E-state index in [1.165, 1.54) is 5.06 Å². The fraction of sp³-hybridized carbons (Fsp3) is 0.231. The Balaban J connectivity index is 1.58. The van der Waals surface area contributed by atoms with E-state index in [1.54, 1.807) is 20.3 Å². The lowest BCUT2D eigenvalue weighted by Gasteiger charge is -2.47. The van der Waals surface area contributed by atoms with E-state index in [2.05, 4.69) is 12.1 Å². The summed E-state index contributed by atoms with van der Waals surface area (Å²) >= 11 is 0. The van der Waals surface area contributed by atoms with Crippen molar-refractivity contribution < 1.29 is 28.6 Å². The molecule has 7 heteroatoms. The van der Waals surface area contributed by atoms with Crippen molar-refractivity contribution in [2.75, 3.05) is 20.8 Å². The molecular weight excluding hydrogens is 422 g/mol. The molecule has 0 saturated carbocycles. The molecule has 2 aliphatic heterocycles. The zero-order chi connectivity index (χ0) is 23.0. The normalized spacial score (nSPS) is 19.7. The van der Waals surface area contributed by atoms with Crippen molar-refractivity contribution in [2.24, 2.45) is 0 Å². The third-order valence-electron chi connectivity index (χ3n) is 6.14. The Morgan fingerprint density at radius 3 is 2.24 bits per heavy atom. The van der Waals surface area contributed by atoms with E-state index in [-0.39, 0.29) is 0 Å². The van der Waals surface area contributed by atoms with Crippen molar-refractivity contribution >= 4 is 11.9 Å². The van der Waals surface area contributed by atoms with Crippen LogP contribution in [-0.4, -0.2) is 37.8 Å². The van der Waals surface area contributed by atoms with Crippen molar-refractivity contribution in [1.82, 2.24) is 5.06 Å². The van der Waals surface area contributed by atoms with Gasteiger partial charge in [-0.1, -0.05) is 59.7 Å². The van der Waals surface area contributed by atoms with E-state index < -0.39 is 17.7 Å². The second-order valence-electron chi connectivity index (χ2n) is 8.01. The number of hydroxylamine groups is 2. The minimum Gasteiger partial charge on any atom is -0.493 e. The summed E-state index contributed by atoms with van der Waals surface area (Å²) in [5, 5.41) is 1.47. The quantitative estimate of drug-likeness (QED) is 0.439. The molecule has 33 heavy (non-hydrogen) atoms. The van der Waals surface area contributed by atoms with Gasteiger partial charge in [-0.2, -0.15) is 0 Å². The average Bonchev–Trinajstić information content (AvgIpc) is 2.85. The summed E-state index contributed by atoms with van der Waals surface area (Å²) in [6.07, 6.45) is 0.888. The van der Waals surface area contributed by atoms with Crippen LogP contribution in [0.5, 0.6) is 11.5 Å². The molecular formula is C26H23NO6. The van der Waals surface area contributed by atoms with E-state index in [0.717, 1.165) is 22.3 Å². The smallest absolute Gasteiger partial charge is 0.436 e. The fourth-order valence-corrected chi connectivity index (χ4v) is 4.53. The van der Waals surface area contributed by atoms with Gasteiger partial charge in [0.2, 0.25) is 5.72 Å². The van der Waals surface area contributed by atoms with Crippen LogP contribution in [0.15, 0.2) is 66.7 Å². The fourth-order valence-electron chi connectivity index (χ4n) is 4.53. The van der Waals surface area contributed by atoms with Gasteiger partial charge in [-0.05, 0) is 40.8 Å². The summed E-state index contributed by atoms with van der Waals surface area (Å²) < 4.78 is 16.8. The third kappa shape index (κ3) is 3.60. The number of carbonyl (C=O) groups is 2. The van der Waals surface area contributed by atoms with Crippen LogP contribution >= 0.6 is 0 Å². The number of benzene rings is 3. The Labute approximate surface area is 191 Å². The molecule has 1 unspecified atom stereocenters. The molecule has 3 aromatic rings. The first-order valence-corrected chi connectivity index (χ1v) is 10.7. The van der Waals surface area contributed by atoms with Crippen molar-refractivity contribution in [2.45, 2.75) is 18.6 Å². The van der Waals surface area contributed by atoms with E-state index in [0.29, 0.717) is 36.4 Å². The van der Waals surface area contributed by atoms with Gasteiger partial charge in [0.25, 0.3) is 0 Å². The van der Waals surface area contributed by atoms with Gasteiger partial charge in [0.05, 0.1) is 14.2 Å². The SMILES string of the molecule is COc1cc2c(cc1OC)C1(Cc3ccc(-c4ccccc4)cc3)OC(=O)C(=O)ON1CC2. The molecule has 2 aliphatic rings. The molecule has 0 aliphatic carbocycles. The molecule has 168 valence electrons. The van der Waals surface area contributed by atoms with Crippen LogP contribution in [0.2, 0.25) is 0 Å². The van der Waals surface area contributed by atoms with Crippen LogP contribution < -0.4 is 9.47 Å². The minimum atomic E-state index is -1.30. The molecule has 0 spiro atoms. The molecule has 0 bridgehead atoms. The van der Waals surface area contributed by atoms with Crippen LogP contribution in [0.25, 0.3) is 11.1 Å². The standard InChI is InChI=1S/C26H23NO6/c1-30-22-14-20-12-13-27-26(21(20)15-23(22)31-2,32-24(28)25(29)33-27)16-17-8-10-19(11-9-17)18-6-4-3-5-7-18/h3-11,14-15H,12-13,16H2,1-2H3. The summed E-state index contributed by atoms with van der Waals surface area (Å²) in [6.45, 7) is 0.379. The molecule has 0 amide bonds. The largest absolute Gasteiger partial charge is 0.493 e. The Hall–Kier alpha value is -3.84. The first-order chi connectivity index (χ1) is 16.0. The summed E-state index contributed by atoms with van der Waals surface area (Å²) in [5.74, 6) is -0.945. The lowest BCUT2D eigenvalue weighted by atomic mass is 9.85. The second-order valence-corrected chi connectivity index (χ2v) is 8.01. The van der Waals surface area contributed by atoms with Gasteiger partial charge in [0, 0.05) is 18.5 Å². The van der Waals surface area contributed by atoms with Gasteiger partial charge < -0.3 is 19.0 Å². The summed E-state index contributed by atoms with van der Waals surface area (Å²) in [7, 11) is 3.12. The van der Waals surface area contributed by atoms with E-state index >= 15 is 0 Å². The number of fused-ring (bicyclic) bond motifs is 3. The Bertz CT molecular complexity index is 1210. The molecule has 0 N–H and O–H groups in total. The Morgan fingerprint density at radius 1 is 0.879 bits per heavy atom. The van der Waals surface area contributed by atoms with Gasteiger partial charge in [0.1, 0.15) is 0 Å². The molecule has 3 aromatic carbocycles. The zero-order valence-electron chi connectivity index (χ0n) is 18.4. The number of hydrogen-bond acceptors (Lipinski definition) is 7. The predicted molar refractivity (Wildman–Crippen MR) is 119 cm³/mol. The first kappa shape index (κ1) is 21.0. The van der Waals surface area contributed by atoms with Gasteiger partial charge in [0.15, 0.2) is 11.5 Å². The highest BCUT2D eigenvalue weighted by atomic mass is 16.8. The monoisotopic (exact) mass is 445 g/mol. The van der Waals surface area contributed by atoms with Gasteiger partial charge >= 0.3 is 11.9 Å². The Morgan fingerprint density at radius 2 is 1.55 bits per heavy atom. The lowest BCUT2D eigenvalue weighted by Crippen LogP contribution is -2.60. The van der Waals surface area contributed by atoms with E-state index in [9.17, 15) is 9.59 Å². The molecule has 2 heterocycles. The maximum Gasteiger partial charge on any atom is 0.436 e. The summed E-state index contributed by atoms with van der Waals surface area (Å²) in [6, 6.07) is 21.8. The van der Waals surface area contributed by atoms with Gasteiger partial charge in [-0.3, -0.25) is 0 Å². The maximum atomic E-state index is 12.4. The van der Waals surface area contributed by atoms with Crippen LogP contribution in [0, 0.1) is 0 Å². The average molecular weight is 445 g/mol. The van der Waals surface area contributed by atoms with Crippen molar-refractivity contribution in [3.05, 3.63) is 83.4 Å². The lowest BCUT2D eigenvalue weighted by molar-refractivity contribution is -0.316. The number of ether oxygens (including phenoxy) is 3. The van der Waals surface area contributed by atoms with Gasteiger partial charge in [-0.15, -0.1) is 0 Å². The summed E-state index contributed by atoms with van der Waals surface area (Å²) in [4.78, 5) is 29.8. The highest BCUT2D eigenvalue weighted by Crippen LogP contribution is 2.45. The molecule has 1 saturated heterocycles. The van der Waals surface area contributed by atoms with Gasteiger partial charge in [-0.25, -0.2) is 9.59 Å². The molecule has 7 nitrogen and oxygen atoms in total. The number of methoxy groups -OCH3 is 2. The van der Waals surface area contributed by atoms with Crippen LogP contribution in [-0.2, 0) is 37.7 Å². The van der Waals surface area contributed by atoms with Crippen molar-refractivity contribution in [3.8, 4) is 22.6 Å². The molecule has 0 aromatic heterocycles. The predicted octanol–water partition coefficient (Wildman–Crippen LogP) is 3.64. The number of rotatable bonds is 5. The first-order valence-electron chi connectivity index (χ1n) is 10.7. The van der Waals surface area contributed by atoms with Crippen molar-refractivity contribution in [1.29, 1.82) is 0 Å². The minimum absolute atomic E-state index is 0.295. The third-order valence-corrected chi connectivity index (χ3v) is 6.14. The molecule has 0 radical (unpaired) electrons. The number of hydrogen-bond donors (Lipinski definition) is 0. The Kier molecular flexibility index (Phi) is 5.26.